The van der Waals surface area contributed by atoms with Gasteiger partial charge in [-0.05, 0) is 24.6 Å². The van der Waals surface area contributed by atoms with Crippen LogP contribution in [0.4, 0.5) is 4.39 Å². The van der Waals surface area contributed by atoms with Crippen LogP contribution in [0.1, 0.15) is 55.3 Å². The Balaban J connectivity index is 1.49. The lowest BCUT2D eigenvalue weighted by Crippen LogP contribution is -2.32. The Kier molecular flexibility index (Phi) is 5.08. The number of halogens is 1. The molecule has 36 heavy (non-hydrogen) atoms. The van der Waals surface area contributed by atoms with Crippen LogP contribution in [0.15, 0.2) is 67.0 Å². The summed E-state index contributed by atoms with van der Waals surface area (Å²) in [6.45, 7) is 5.84. The average molecular weight is 482 g/mol. The highest BCUT2D eigenvalue weighted by Crippen LogP contribution is 2.52. The molecule has 5 aromatic rings. The summed E-state index contributed by atoms with van der Waals surface area (Å²) >= 11 is 0. The minimum Gasteiger partial charge on any atom is -0.435 e. The summed E-state index contributed by atoms with van der Waals surface area (Å²) in [5.74, 6) is 0.473. The molecule has 0 radical (unpaired) electrons. The molecule has 0 bridgehead atoms. The monoisotopic (exact) mass is 481 g/mol. The molecule has 0 fully saturated rings. The maximum atomic E-state index is 15.0. The third-order valence-electron chi connectivity index (χ3n) is 6.86. The van der Waals surface area contributed by atoms with Gasteiger partial charge in [0, 0.05) is 40.4 Å². The van der Waals surface area contributed by atoms with E-state index >= 15 is 4.39 Å². The van der Waals surface area contributed by atoms with Crippen molar-refractivity contribution < 1.29 is 14.2 Å². The van der Waals surface area contributed by atoms with Crippen molar-refractivity contribution in [2.24, 2.45) is 0 Å². The van der Waals surface area contributed by atoms with Gasteiger partial charge in [-0.3, -0.25) is 0 Å². The number of fused-ring (bicyclic) bond motifs is 3. The van der Waals surface area contributed by atoms with Crippen LogP contribution in [0, 0.1) is 5.82 Å². The van der Waals surface area contributed by atoms with Crippen LogP contribution in [0.3, 0.4) is 0 Å². The number of pyridine rings is 1. The molecule has 0 saturated carbocycles. The fourth-order valence-corrected chi connectivity index (χ4v) is 4.94. The van der Waals surface area contributed by atoms with Gasteiger partial charge in [-0.15, -0.1) is 0 Å². The second kappa shape index (κ2) is 8.20. The van der Waals surface area contributed by atoms with E-state index in [9.17, 15) is 5.11 Å². The van der Waals surface area contributed by atoms with Crippen molar-refractivity contribution in [1.82, 2.24) is 24.9 Å². The second-order valence-electron chi connectivity index (χ2n) is 9.62. The number of aromatic nitrogens is 5. The molecule has 7 nitrogen and oxygen atoms in total. The van der Waals surface area contributed by atoms with E-state index in [-0.39, 0.29) is 11.7 Å². The minimum atomic E-state index is -0.606. The van der Waals surface area contributed by atoms with E-state index in [0.717, 1.165) is 22.3 Å². The first-order chi connectivity index (χ1) is 17.3. The Morgan fingerprint density at radius 1 is 0.972 bits per heavy atom. The number of benzene rings is 2. The molecule has 0 saturated heterocycles. The first-order valence-corrected chi connectivity index (χ1v) is 11.8. The third-order valence-corrected chi connectivity index (χ3v) is 6.86. The van der Waals surface area contributed by atoms with E-state index in [2.05, 4.69) is 28.8 Å². The molecule has 2 aromatic carbocycles. The highest BCUT2D eigenvalue weighted by atomic mass is 19.1. The SMILES string of the molecule is CC(O)c1ccc(-c2ccc3c(n2)Oc2c(F)cccc2C3C(C)(C)c2nc3nccnc3[nH]2)cc1. The van der Waals surface area contributed by atoms with Crippen LogP contribution in [0.2, 0.25) is 0 Å². The Hall–Kier alpha value is -4.17. The minimum absolute atomic E-state index is 0.171. The molecule has 1 aliphatic heterocycles. The van der Waals surface area contributed by atoms with E-state index in [1.165, 1.54) is 6.07 Å². The molecule has 4 heterocycles. The van der Waals surface area contributed by atoms with Gasteiger partial charge in [0.25, 0.3) is 0 Å². The Labute approximate surface area is 207 Å². The van der Waals surface area contributed by atoms with Crippen LogP contribution in [-0.4, -0.2) is 30.0 Å². The number of hydrogen-bond acceptors (Lipinski definition) is 6. The zero-order chi connectivity index (χ0) is 25.0. The number of aliphatic hydroxyl groups excluding tert-OH is 1. The number of aromatic amines is 1. The largest absolute Gasteiger partial charge is 0.435 e. The molecule has 180 valence electrons. The Morgan fingerprint density at radius 3 is 2.50 bits per heavy atom. The number of nitrogens with zero attached hydrogens (tertiary/aromatic N) is 4. The van der Waals surface area contributed by atoms with Gasteiger partial charge in [0.1, 0.15) is 5.82 Å². The standard InChI is InChI=1S/C28H24FN5O2/c1-15(35)16-7-9-17(10-8-16)21-12-11-19-22(18-5-4-6-20(29)23(18)36-26(19)32-21)28(2,3)27-33-24-25(34-27)31-14-13-30-24/h4-15,22,35H,1-3H3,(H,30,31,33,34). The zero-order valence-electron chi connectivity index (χ0n) is 20.0. The maximum absolute atomic E-state index is 15.0. The number of rotatable bonds is 4. The molecule has 0 spiro atoms. The first-order valence-electron chi connectivity index (χ1n) is 11.8. The molecule has 6 rings (SSSR count). The summed E-state index contributed by atoms with van der Waals surface area (Å²) in [6, 6.07) is 16.4. The number of nitrogens with one attached hydrogen (secondary N) is 1. The number of aliphatic hydroxyl groups is 1. The van der Waals surface area contributed by atoms with Crippen molar-refractivity contribution >= 4 is 11.3 Å². The molecular weight excluding hydrogens is 457 g/mol. The maximum Gasteiger partial charge on any atom is 0.223 e. The van der Waals surface area contributed by atoms with Crippen LogP contribution >= 0.6 is 0 Å². The van der Waals surface area contributed by atoms with Gasteiger partial charge in [-0.2, -0.15) is 0 Å². The molecule has 2 atom stereocenters. The fraction of sp³-hybridized carbons (Fsp3) is 0.214. The van der Waals surface area contributed by atoms with Crippen LogP contribution in [0.25, 0.3) is 22.6 Å². The van der Waals surface area contributed by atoms with Crippen molar-refractivity contribution in [3.05, 3.63) is 95.3 Å². The molecule has 0 aliphatic carbocycles. The van der Waals surface area contributed by atoms with Crippen molar-refractivity contribution in [2.75, 3.05) is 0 Å². The number of ether oxygens (including phenoxy) is 1. The number of hydrogen-bond donors (Lipinski definition) is 2. The molecule has 1 aliphatic rings. The van der Waals surface area contributed by atoms with Crippen LogP contribution in [-0.2, 0) is 5.41 Å². The molecule has 3 aromatic heterocycles. The summed E-state index contributed by atoms with van der Waals surface area (Å²) in [5.41, 5.74) is 4.47. The van der Waals surface area contributed by atoms with Gasteiger partial charge < -0.3 is 14.8 Å². The number of imidazole rings is 1. The summed E-state index contributed by atoms with van der Waals surface area (Å²) in [5, 5.41) is 9.82. The van der Waals surface area contributed by atoms with Gasteiger partial charge >= 0.3 is 0 Å². The van der Waals surface area contributed by atoms with Crippen LogP contribution in [0.5, 0.6) is 11.6 Å². The topological polar surface area (TPSA) is 96.8 Å². The van der Waals surface area contributed by atoms with E-state index in [1.807, 2.05) is 42.5 Å². The highest BCUT2D eigenvalue weighted by Gasteiger charge is 2.43. The highest BCUT2D eigenvalue weighted by molar-refractivity contribution is 5.66. The quantitative estimate of drug-likeness (QED) is 0.336. The number of H-pyrrole nitrogens is 1. The van der Waals surface area contributed by atoms with Gasteiger partial charge in [0.05, 0.1) is 11.8 Å². The second-order valence-corrected chi connectivity index (χ2v) is 9.62. The lowest BCUT2D eigenvalue weighted by molar-refractivity contribution is 0.199. The normalized spacial score (nSPS) is 15.8. The van der Waals surface area contributed by atoms with Crippen molar-refractivity contribution in [1.29, 1.82) is 0 Å². The first kappa shape index (κ1) is 22.3. The van der Waals surface area contributed by atoms with E-state index in [4.69, 9.17) is 14.7 Å². The van der Waals surface area contributed by atoms with Gasteiger partial charge in [-0.25, -0.2) is 24.3 Å². The van der Waals surface area contributed by atoms with Crippen molar-refractivity contribution in [3.63, 3.8) is 0 Å². The zero-order valence-corrected chi connectivity index (χ0v) is 20.0. The lowest BCUT2D eigenvalue weighted by Gasteiger charge is -2.37. The molecule has 2 N–H and O–H groups in total. The van der Waals surface area contributed by atoms with Crippen molar-refractivity contribution in [3.8, 4) is 22.9 Å². The molecule has 8 heteroatoms. The average Bonchev–Trinajstić information content (AvgIpc) is 3.33. The third kappa shape index (κ3) is 3.53. The van der Waals surface area contributed by atoms with Gasteiger partial charge in [0.15, 0.2) is 22.9 Å². The van der Waals surface area contributed by atoms with E-state index in [0.29, 0.717) is 28.7 Å². The van der Waals surface area contributed by atoms with Gasteiger partial charge in [-0.1, -0.05) is 56.3 Å². The predicted molar refractivity (Wildman–Crippen MR) is 133 cm³/mol. The summed E-state index contributed by atoms with van der Waals surface area (Å²) in [4.78, 5) is 21.4. The number of para-hydroxylation sites is 1. The van der Waals surface area contributed by atoms with Crippen molar-refractivity contribution in [2.45, 2.75) is 38.2 Å². The van der Waals surface area contributed by atoms with Gasteiger partial charge in [0.2, 0.25) is 5.88 Å². The fourth-order valence-electron chi connectivity index (χ4n) is 4.94. The summed E-state index contributed by atoms with van der Waals surface area (Å²) < 4.78 is 21.1. The molecule has 2 unspecified atom stereocenters. The summed E-state index contributed by atoms with van der Waals surface area (Å²) in [7, 11) is 0. The van der Waals surface area contributed by atoms with Crippen LogP contribution < -0.4 is 4.74 Å². The van der Waals surface area contributed by atoms with E-state index in [1.54, 1.807) is 25.4 Å². The Morgan fingerprint density at radius 2 is 1.75 bits per heavy atom. The Bertz CT molecular complexity index is 1560. The smallest absolute Gasteiger partial charge is 0.223 e. The summed E-state index contributed by atoms with van der Waals surface area (Å²) in [6.07, 6.45) is 2.67. The molecule has 0 amide bonds. The molecular formula is C28H24FN5O2. The lowest BCUT2D eigenvalue weighted by atomic mass is 9.69. The van der Waals surface area contributed by atoms with E-state index < -0.39 is 17.3 Å². The predicted octanol–water partition coefficient (Wildman–Crippen LogP) is 5.82.